The highest BCUT2D eigenvalue weighted by atomic mass is 19.1. The van der Waals surface area contributed by atoms with E-state index in [-0.39, 0.29) is 11.6 Å². The molecule has 0 unspecified atom stereocenters. The summed E-state index contributed by atoms with van der Waals surface area (Å²) in [6.45, 7) is 1.90. The van der Waals surface area contributed by atoms with Crippen molar-refractivity contribution in [3.63, 3.8) is 0 Å². The number of nitrogens with two attached hydrogens (primary N) is 1. The van der Waals surface area contributed by atoms with Gasteiger partial charge < -0.3 is 21.1 Å². The molecule has 0 spiro atoms. The Kier molecular flexibility index (Phi) is 7.58. The molecule has 8 nitrogen and oxygen atoms in total. The number of methoxy groups -OCH3 is 1. The van der Waals surface area contributed by atoms with Crippen molar-refractivity contribution < 1.29 is 9.13 Å². The Hall–Kier alpha value is -3.12. The molecule has 4 N–H and O–H groups in total. The maximum atomic E-state index is 13.1. The second kappa shape index (κ2) is 10.1. The summed E-state index contributed by atoms with van der Waals surface area (Å²) in [7, 11) is 3.34. The van der Waals surface area contributed by atoms with Crippen LogP contribution < -0.4 is 16.4 Å². The second-order valence-electron chi connectivity index (χ2n) is 5.73. The first kappa shape index (κ1) is 20.2. The lowest BCUT2D eigenvalue weighted by Crippen LogP contribution is -2.39. The number of aryl methyl sites for hydroxylation is 1. The van der Waals surface area contributed by atoms with Crippen LogP contribution in [0.5, 0.6) is 0 Å². The molecule has 9 heteroatoms. The van der Waals surface area contributed by atoms with Crippen molar-refractivity contribution >= 4 is 11.8 Å². The van der Waals surface area contributed by atoms with Crippen LogP contribution in [0.4, 0.5) is 10.2 Å². The molecule has 2 aromatic rings. The first-order valence-corrected chi connectivity index (χ1v) is 8.57. The molecule has 0 saturated carbocycles. The minimum atomic E-state index is -0.344. The fourth-order valence-corrected chi connectivity index (χ4v) is 2.51. The number of hydrogen-bond donors (Lipinski definition) is 3. The number of aliphatic imine (C=N–C) groups is 1. The number of anilines is 1. The quantitative estimate of drug-likeness (QED) is 0.364. The lowest BCUT2D eigenvalue weighted by molar-refractivity contribution is 0.203. The van der Waals surface area contributed by atoms with Gasteiger partial charge in [-0.25, -0.2) is 9.07 Å². The first-order chi connectivity index (χ1) is 13.1. The van der Waals surface area contributed by atoms with Gasteiger partial charge in [0.2, 0.25) is 0 Å². The van der Waals surface area contributed by atoms with Gasteiger partial charge in [-0.3, -0.25) is 4.99 Å². The molecule has 0 amide bonds. The van der Waals surface area contributed by atoms with E-state index in [0.717, 1.165) is 6.42 Å². The van der Waals surface area contributed by atoms with Gasteiger partial charge in [-0.05, 0) is 37.1 Å². The first-order valence-electron chi connectivity index (χ1n) is 8.57. The van der Waals surface area contributed by atoms with Crippen molar-refractivity contribution in [2.45, 2.75) is 12.8 Å². The van der Waals surface area contributed by atoms with Crippen LogP contribution in [-0.2, 0) is 11.2 Å². The van der Waals surface area contributed by atoms with E-state index >= 15 is 0 Å². The van der Waals surface area contributed by atoms with E-state index in [0.29, 0.717) is 49.0 Å². The Labute approximate surface area is 157 Å². The van der Waals surface area contributed by atoms with E-state index in [4.69, 9.17) is 10.5 Å². The molecule has 0 aliphatic heterocycles. The summed E-state index contributed by atoms with van der Waals surface area (Å²) < 4.78 is 19.6. The standard InChI is InChI=1S/C18H24FN7O/c1-22-18(24-10-11-27-2)23-9-3-4-16-15(12-20)17(21)26(25-16)14-7-5-13(19)6-8-14/h5-8H,3-4,9-11,21H2,1-2H3,(H2,22,23,24). The predicted molar refractivity (Wildman–Crippen MR) is 102 cm³/mol. The third kappa shape index (κ3) is 5.43. The van der Waals surface area contributed by atoms with Crippen LogP contribution in [0.15, 0.2) is 29.3 Å². The number of nitrogens with one attached hydrogen (secondary N) is 2. The molecule has 144 valence electrons. The molecule has 0 radical (unpaired) electrons. The number of hydrogen-bond acceptors (Lipinski definition) is 5. The SMILES string of the molecule is CN=C(NCCCc1nn(-c2ccc(F)cc2)c(N)c1C#N)NCCOC. The Bertz CT molecular complexity index is 808. The van der Waals surface area contributed by atoms with Crippen LogP contribution in [-0.4, -0.2) is 49.6 Å². The maximum absolute atomic E-state index is 13.1. The van der Waals surface area contributed by atoms with E-state index in [1.165, 1.54) is 16.8 Å². The van der Waals surface area contributed by atoms with Crippen molar-refractivity contribution in [1.29, 1.82) is 5.26 Å². The Morgan fingerprint density at radius 2 is 2.04 bits per heavy atom. The zero-order valence-electron chi connectivity index (χ0n) is 15.5. The summed E-state index contributed by atoms with van der Waals surface area (Å²) in [6.07, 6.45) is 1.31. The van der Waals surface area contributed by atoms with Crippen molar-refractivity contribution in [1.82, 2.24) is 20.4 Å². The number of nitrogens with zero attached hydrogens (tertiary/aromatic N) is 4. The maximum Gasteiger partial charge on any atom is 0.191 e. The molecule has 27 heavy (non-hydrogen) atoms. The zero-order chi connectivity index (χ0) is 19.6. The summed E-state index contributed by atoms with van der Waals surface area (Å²) in [5.41, 5.74) is 7.63. The van der Waals surface area contributed by atoms with Crippen LogP contribution >= 0.6 is 0 Å². The fourth-order valence-electron chi connectivity index (χ4n) is 2.51. The van der Waals surface area contributed by atoms with Crippen LogP contribution in [0.2, 0.25) is 0 Å². The van der Waals surface area contributed by atoms with Gasteiger partial charge in [-0.1, -0.05) is 0 Å². The number of nitriles is 1. The summed E-state index contributed by atoms with van der Waals surface area (Å²) in [6, 6.07) is 7.90. The largest absolute Gasteiger partial charge is 0.383 e. The Morgan fingerprint density at radius 3 is 2.67 bits per heavy atom. The highest BCUT2D eigenvalue weighted by Crippen LogP contribution is 2.21. The Balaban J connectivity index is 1.97. The molecule has 0 bridgehead atoms. The lowest BCUT2D eigenvalue weighted by atomic mass is 10.1. The van der Waals surface area contributed by atoms with Crippen molar-refractivity contribution in [2.24, 2.45) is 4.99 Å². The number of nitrogen functional groups attached to an aromatic ring is 1. The highest BCUT2D eigenvalue weighted by Gasteiger charge is 2.16. The molecule has 0 aliphatic carbocycles. The molecule has 0 fully saturated rings. The third-order valence-electron chi connectivity index (χ3n) is 3.88. The molecule has 1 aromatic carbocycles. The molecular formula is C18H24FN7O. The zero-order valence-corrected chi connectivity index (χ0v) is 15.5. The van der Waals surface area contributed by atoms with Crippen LogP contribution in [0, 0.1) is 17.1 Å². The van der Waals surface area contributed by atoms with Gasteiger partial charge in [-0.2, -0.15) is 10.4 Å². The van der Waals surface area contributed by atoms with E-state index in [9.17, 15) is 9.65 Å². The van der Waals surface area contributed by atoms with E-state index < -0.39 is 0 Å². The highest BCUT2D eigenvalue weighted by molar-refractivity contribution is 5.79. The monoisotopic (exact) mass is 373 g/mol. The predicted octanol–water partition coefficient (Wildman–Crippen LogP) is 1.21. The lowest BCUT2D eigenvalue weighted by Gasteiger charge is -2.11. The molecule has 0 saturated heterocycles. The van der Waals surface area contributed by atoms with Crippen molar-refractivity contribution in [3.05, 3.63) is 41.3 Å². The number of ether oxygens (including phenoxy) is 1. The number of guanidine groups is 1. The summed E-state index contributed by atoms with van der Waals surface area (Å²) in [5, 5.41) is 20.2. The molecule has 1 heterocycles. The second-order valence-corrected chi connectivity index (χ2v) is 5.73. The van der Waals surface area contributed by atoms with Gasteiger partial charge in [0.15, 0.2) is 5.96 Å². The van der Waals surface area contributed by atoms with E-state index in [1.807, 2.05) is 0 Å². The molecule has 2 rings (SSSR count). The number of benzene rings is 1. The summed E-state index contributed by atoms with van der Waals surface area (Å²) in [5.74, 6) is 0.594. The van der Waals surface area contributed by atoms with Gasteiger partial charge >= 0.3 is 0 Å². The van der Waals surface area contributed by atoms with Crippen LogP contribution in [0.1, 0.15) is 17.7 Å². The fraction of sp³-hybridized carbons (Fsp3) is 0.389. The Morgan fingerprint density at radius 1 is 1.33 bits per heavy atom. The topological polar surface area (TPSA) is 113 Å². The van der Waals surface area contributed by atoms with Gasteiger partial charge in [-0.15, -0.1) is 0 Å². The third-order valence-corrected chi connectivity index (χ3v) is 3.88. The number of rotatable bonds is 8. The van der Waals surface area contributed by atoms with Crippen molar-refractivity contribution in [3.8, 4) is 11.8 Å². The molecule has 0 aliphatic rings. The smallest absolute Gasteiger partial charge is 0.191 e. The average molecular weight is 373 g/mol. The number of aromatic nitrogens is 2. The van der Waals surface area contributed by atoms with Gasteiger partial charge in [0.05, 0.1) is 18.0 Å². The molecule has 1 aromatic heterocycles. The average Bonchev–Trinajstić information content (AvgIpc) is 2.99. The minimum Gasteiger partial charge on any atom is -0.383 e. The van der Waals surface area contributed by atoms with E-state index in [1.54, 1.807) is 26.3 Å². The normalized spacial score (nSPS) is 11.3. The summed E-state index contributed by atoms with van der Waals surface area (Å²) in [4.78, 5) is 4.12. The van der Waals surface area contributed by atoms with Gasteiger partial charge in [0.25, 0.3) is 0 Å². The minimum absolute atomic E-state index is 0.254. The van der Waals surface area contributed by atoms with Gasteiger partial charge in [0.1, 0.15) is 23.3 Å². The number of halogens is 1. The molecule has 0 atom stereocenters. The van der Waals surface area contributed by atoms with E-state index in [2.05, 4.69) is 26.8 Å². The summed E-state index contributed by atoms with van der Waals surface area (Å²) >= 11 is 0. The molecular weight excluding hydrogens is 349 g/mol. The van der Waals surface area contributed by atoms with Crippen LogP contribution in [0.3, 0.4) is 0 Å². The van der Waals surface area contributed by atoms with Gasteiger partial charge in [0, 0.05) is 27.2 Å². The van der Waals surface area contributed by atoms with Crippen LogP contribution in [0.25, 0.3) is 5.69 Å². The van der Waals surface area contributed by atoms with Crippen molar-refractivity contribution in [2.75, 3.05) is 39.6 Å².